The number of pyridine rings is 1. The number of carbonyl (C=O) groups is 1. The molecule has 0 radical (unpaired) electrons. The Labute approximate surface area is 161 Å². The first-order valence-electron chi connectivity index (χ1n) is 8.78. The summed E-state index contributed by atoms with van der Waals surface area (Å²) >= 11 is 0. The molecule has 1 atom stereocenters. The Morgan fingerprint density at radius 2 is 2.00 bits per heavy atom. The Kier molecular flexibility index (Phi) is 4.29. The van der Waals surface area contributed by atoms with Crippen molar-refractivity contribution in [3.63, 3.8) is 0 Å². The second kappa shape index (κ2) is 6.79. The van der Waals surface area contributed by atoms with Crippen molar-refractivity contribution in [1.82, 2.24) is 14.8 Å². The molecule has 28 heavy (non-hydrogen) atoms. The van der Waals surface area contributed by atoms with E-state index < -0.39 is 11.5 Å². The number of nitriles is 1. The monoisotopic (exact) mass is 374 g/mol. The smallest absolute Gasteiger partial charge is 0.273 e. The summed E-state index contributed by atoms with van der Waals surface area (Å²) in [6.45, 7) is 0.272. The van der Waals surface area contributed by atoms with Gasteiger partial charge < -0.3 is 15.3 Å². The van der Waals surface area contributed by atoms with E-state index in [1.165, 1.54) is 4.90 Å². The van der Waals surface area contributed by atoms with Crippen molar-refractivity contribution in [2.75, 3.05) is 16.8 Å². The van der Waals surface area contributed by atoms with E-state index in [-0.39, 0.29) is 13.0 Å². The van der Waals surface area contributed by atoms with Crippen LogP contribution in [0.25, 0.3) is 11.3 Å². The Hall–Kier alpha value is -3.70. The minimum absolute atomic E-state index is 0.0775. The highest BCUT2D eigenvalue weighted by atomic mass is 16.3. The van der Waals surface area contributed by atoms with Crippen LogP contribution in [0, 0.1) is 11.3 Å². The average Bonchev–Trinajstić information content (AvgIpc) is 3.23. The summed E-state index contributed by atoms with van der Waals surface area (Å²) < 4.78 is 1.78. The number of benzene rings is 1. The van der Waals surface area contributed by atoms with E-state index in [9.17, 15) is 9.90 Å². The van der Waals surface area contributed by atoms with Gasteiger partial charge in [0.2, 0.25) is 5.60 Å². The van der Waals surface area contributed by atoms with Crippen molar-refractivity contribution in [1.29, 1.82) is 5.26 Å². The molecule has 1 aliphatic heterocycles. The van der Waals surface area contributed by atoms with Crippen LogP contribution in [0.15, 0.2) is 54.7 Å². The molecule has 1 fully saturated rings. The lowest BCUT2D eigenvalue weighted by atomic mass is 10.1. The minimum Gasteiger partial charge on any atom is -0.368 e. The molecule has 1 aromatic carbocycles. The Balaban J connectivity index is 1.57. The first kappa shape index (κ1) is 17.7. The van der Waals surface area contributed by atoms with Gasteiger partial charge in [-0.2, -0.15) is 10.4 Å². The van der Waals surface area contributed by atoms with Crippen molar-refractivity contribution >= 4 is 23.2 Å². The van der Waals surface area contributed by atoms with Gasteiger partial charge in [-0.05, 0) is 11.6 Å². The number of nitrogens with one attached hydrogen (secondary N) is 1. The third kappa shape index (κ3) is 3.08. The second-order valence-corrected chi connectivity index (χ2v) is 6.61. The first-order valence-corrected chi connectivity index (χ1v) is 8.78. The van der Waals surface area contributed by atoms with Crippen molar-refractivity contribution in [3.05, 3.63) is 54.7 Å². The van der Waals surface area contributed by atoms with Crippen LogP contribution < -0.4 is 10.2 Å². The Morgan fingerprint density at radius 1 is 1.21 bits per heavy atom. The molecule has 8 heteroatoms. The Bertz CT molecular complexity index is 1070. The predicted molar refractivity (Wildman–Crippen MR) is 104 cm³/mol. The van der Waals surface area contributed by atoms with Crippen LogP contribution in [0.4, 0.5) is 17.3 Å². The lowest BCUT2D eigenvalue weighted by Crippen LogP contribution is -2.38. The number of aromatic nitrogens is 3. The molecule has 0 saturated carbocycles. The molecule has 1 amide bonds. The molecule has 3 heterocycles. The van der Waals surface area contributed by atoms with Gasteiger partial charge in [-0.3, -0.25) is 9.48 Å². The normalized spacial score (nSPS) is 18.9. The van der Waals surface area contributed by atoms with E-state index in [1.54, 1.807) is 29.1 Å². The van der Waals surface area contributed by atoms with Gasteiger partial charge in [0.25, 0.3) is 5.91 Å². The van der Waals surface area contributed by atoms with Gasteiger partial charge in [-0.1, -0.05) is 30.3 Å². The molecule has 1 aliphatic rings. The number of hydrogen-bond donors (Lipinski definition) is 2. The number of anilines is 3. The van der Waals surface area contributed by atoms with Crippen molar-refractivity contribution in [2.45, 2.75) is 12.0 Å². The fraction of sp³-hybridized carbons (Fsp3) is 0.200. The molecule has 0 aliphatic carbocycles. The van der Waals surface area contributed by atoms with E-state index in [0.717, 1.165) is 11.3 Å². The second-order valence-electron chi connectivity index (χ2n) is 6.61. The molecular formula is C20H18N6O2. The molecule has 1 saturated heterocycles. The first-order chi connectivity index (χ1) is 13.5. The molecule has 0 bridgehead atoms. The van der Waals surface area contributed by atoms with Crippen LogP contribution >= 0.6 is 0 Å². The number of nitrogens with zero attached hydrogens (tertiary/aromatic N) is 5. The maximum atomic E-state index is 12.3. The Morgan fingerprint density at radius 3 is 2.71 bits per heavy atom. The summed E-state index contributed by atoms with van der Waals surface area (Å²) in [4.78, 5) is 18.0. The lowest BCUT2D eigenvalue weighted by Gasteiger charge is -2.18. The maximum absolute atomic E-state index is 12.3. The summed E-state index contributed by atoms with van der Waals surface area (Å²) in [5.74, 6) is 0.513. The van der Waals surface area contributed by atoms with Crippen LogP contribution in [0.5, 0.6) is 0 Å². The summed E-state index contributed by atoms with van der Waals surface area (Å²) in [6, 6.07) is 16.9. The summed E-state index contributed by atoms with van der Waals surface area (Å²) in [6.07, 6.45) is 1.64. The van der Waals surface area contributed by atoms with Gasteiger partial charge in [-0.15, -0.1) is 0 Å². The quantitative estimate of drug-likeness (QED) is 0.678. The minimum atomic E-state index is -1.96. The van der Waals surface area contributed by atoms with Gasteiger partial charge in [-0.25, -0.2) is 4.98 Å². The molecule has 0 spiro atoms. The fourth-order valence-electron chi connectivity index (χ4n) is 3.25. The molecule has 140 valence electrons. The molecule has 3 aromatic rings. The highest BCUT2D eigenvalue weighted by molar-refractivity contribution is 6.03. The molecule has 0 unspecified atom stereocenters. The van der Waals surface area contributed by atoms with E-state index in [0.29, 0.717) is 17.3 Å². The number of amides is 1. The predicted octanol–water partition coefficient (Wildman–Crippen LogP) is 2.22. The highest BCUT2D eigenvalue weighted by Crippen LogP contribution is 2.30. The standard InChI is InChI=1S/C20H18N6O2/c1-25-16(14-5-3-2-4-6-14)12-18(24-25)23-17-11-15(7-9-22-17)26-10-8-20(28,13-21)19(26)27/h2-7,9,11-12,28H,8,10H2,1H3,(H,22,23,24)/t20-/m0/s1. The summed E-state index contributed by atoms with van der Waals surface area (Å²) in [5.41, 5.74) is 0.606. The van der Waals surface area contributed by atoms with Crippen LogP contribution in [-0.2, 0) is 11.8 Å². The van der Waals surface area contributed by atoms with Crippen molar-refractivity contribution in [3.8, 4) is 17.3 Å². The van der Waals surface area contributed by atoms with Gasteiger partial charge >= 0.3 is 0 Å². The molecule has 4 rings (SSSR count). The van der Waals surface area contributed by atoms with E-state index in [1.807, 2.05) is 43.4 Å². The molecule has 2 aromatic heterocycles. The van der Waals surface area contributed by atoms with Gasteiger partial charge in [0.1, 0.15) is 11.9 Å². The zero-order valence-corrected chi connectivity index (χ0v) is 15.2. The van der Waals surface area contributed by atoms with E-state index >= 15 is 0 Å². The fourth-order valence-corrected chi connectivity index (χ4v) is 3.25. The van der Waals surface area contributed by atoms with Crippen LogP contribution in [0.1, 0.15) is 6.42 Å². The number of aliphatic hydroxyl groups is 1. The third-order valence-corrected chi connectivity index (χ3v) is 4.74. The van der Waals surface area contributed by atoms with Crippen LogP contribution in [0.2, 0.25) is 0 Å². The third-order valence-electron chi connectivity index (χ3n) is 4.74. The van der Waals surface area contributed by atoms with Gasteiger partial charge in [0.05, 0.1) is 5.69 Å². The van der Waals surface area contributed by atoms with Crippen molar-refractivity contribution in [2.24, 2.45) is 7.05 Å². The van der Waals surface area contributed by atoms with Crippen LogP contribution in [-0.4, -0.2) is 37.9 Å². The topological polar surface area (TPSA) is 107 Å². The zero-order chi connectivity index (χ0) is 19.7. The van der Waals surface area contributed by atoms with Gasteiger partial charge in [0, 0.05) is 44.0 Å². The average molecular weight is 374 g/mol. The number of carbonyl (C=O) groups excluding carboxylic acids is 1. The zero-order valence-electron chi connectivity index (χ0n) is 15.2. The number of hydrogen-bond acceptors (Lipinski definition) is 6. The number of aryl methyl sites for hydroxylation is 1. The number of rotatable bonds is 4. The summed E-state index contributed by atoms with van der Waals surface area (Å²) in [7, 11) is 1.86. The van der Waals surface area contributed by atoms with E-state index in [4.69, 9.17) is 5.26 Å². The molecule has 2 N–H and O–H groups in total. The molecular weight excluding hydrogens is 356 g/mol. The summed E-state index contributed by atoms with van der Waals surface area (Å²) in [5, 5.41) is 26.7. The van der Waals surface area contributed by atoms with Crippen LogP contribution in [0.3, 0.4) is 0 Å². The highest BCUT2D eigenvalue weighted by Gasteiger charge is 2.46. The van der Waals surface area contributed by atoms with E-state index in [2.05, 4.69) is 15.4 Å². The van der Waals surface area contributed by atoms with Gasteiger partial charge in [0.15, 0.2) is 5.82 Å². The van der Waals surface area contributed by atoms with Crippen molar-refractivity contribution < 1.29 is 9.90 Å². The SMILES string of the molecule is Cn1nc(Nc2cc(N3CC[C@](O)(C#N)C3=O)ccn2)cc1-c1ccccc1. The largest absolute Gasteiger partial charge is 0.368 e. The lowest BCUT2D eigenvalue weighted by molar-refractivity contribution is -0.128. The molecule has 8 nitrogen and oxygen atoms in total. The maximum Gasteiger partial charge on any atom is 0.273 e.